The molecule has 2 aliphatic carbocycles. The number of methoxy groups -OCH3 is 1. The van der Waals surface area contributed by atoms with E-state index in [4.69, 9.17) is 9.84 Å². The zero-order chi connectivity index (χ0) is 17.7. The van der Waals surface area contributed by atoms with Crippen LogP contribution in [0.1, 0.15) is 25.7 Å². The highest BCUT2D eigenvalue weighted by Gasteiger charge is 2.60. The lowest BCUT2D eigenvalue weighted by Crippen LogP contribution is -2.68. The average Bonchev–Trinajstić information content (AvgIpc) is 2.86. The molecule has 0 radical (unpaired) electrons. The molecule has 24 heavy (non-hydrogen) atoms. The summed E-state index contributed by atoms with van der Waals surface area (Å²) in [5.41, 5.74) is -0.0975. The molecule has 0 aromatic carbocycles. The number of carbonyl (C=O) groups excluding carboxylic acids is 1. The molecule has 1 saturated heterocycles. The molecule has 2 amide bonds. The van der Waals surface area contributed by atoms with Gasteiger partial charge in [0, 0.05) is 31.7 Å². The van der Waals surface area contributed by atoms with E-state index in [-0.39, 0.29) is 17.6 Å². The van der Waals surface area contributed by atoms with Crippen molar-refractivity contribution in [1.29, 1.82) is 0 Å². The van der Waals surface area contributed by atoms with Gasteiger partial charge in [-0.15, -0.1) is 0 Å². The number of hydrogen-bond acceptors (Lipinski definition) is 3. The normalized spacial score (nSPS) is 34.6. The average molecular weight is 350 g/mol. The van der Waals surface area contributed by atoms with Gasteiger partial charge in [0.15, 0.2) is 0 Å². The van der Waals surface area contributed by atoms with E-state index in [0.29, 0.717) is 6.42 Å². The van der Waals surface area contributed by atoms with Crippen molar-refractivity contribution in [3.05, 3.63) is 0 Å². The van der Waals surface area contributed by atoms with Crippen molar-refractivity contribution in [2.75, 3.05) is 20.2 Å². The van der Waals surface area contributed by atoms with Gasteiger partial charge in [-0.3, -0.25) is 4.79 Å². The smallest absolute Gasteiger partial charge is 0.394 e. The molecule has 1 spiro atoms. The zero-order valence-electron chi connectivity index (χ0n) is 13.3. The summed E-state index contributed by atoms with van der Waals surface area (Å²) in [6, 6.07) is -0.726. The molecular formula is C15H21F3N2O4. The molecule has 0 aromatic heterocycles. The lowest BCUT2D eigenvalue weighted by molar-refractivity contribution is -0.187. The van der Waals surface area contributed by atoms with Crippen molar-refractivity contribution in [2.24, 2.45) is 17.3 Å². The molecule has 1 aliphatic heterocycles. The summed E-state index contributed by atoms with van der Waals surface area (Å²) in [6.45, 7) is -1.03. The van der Waals surface area contributed by atoms with Gasteiger partial charge in [0.05, 0.1) is 17.9 Å². The molecule has 1 heterocycles. The molecule has 2 unspecified atom stereocenters. The standard InChI is InChI=1S/C15H21F3N2O4/c1-24-11-5-10(14(11)3-2-4-14)19-13(23)20-6-8(12(21)22)9(7-20)15(16,17)18/h8-11H,2-7H2,1H3,(H,19,23)(H,21,22)/t8-,9-,10?,11?/m1/s1. The highest BCUT2D eigenvalue weighted by Crippen LogP contribution is 2.57. The highest BCUT2D eigenvalue weighted by molar-refractivity contribution is 5.78. The van der Waals surface area contributed by atoms with Crippen molar-refractivity contribution in [3.63, 3.8) is 0 Å². The summed E-state index contributed by atoms with van der Waals surface area (Å²) < 4.78 is 44.4. The Balaban J connectivity index is 1.63. The van der Waals surface area contributed by atoms with Crippen molar-refractivity contribution in [2.45, 2.75) is 44.0 Å². The molecule has 6 nitrogen and oxygen atoms in total. The van der Waals surface area contributed by atoms with Crippen molar-refractivity contribution < 1.29 is 32.6 Å². The zero-order valence-corrected chi connectivity index (χ0v) is 13.3. The van der Waals surface area contributed by atoms with E-state index in [1.54, 1.807) is 7.11 Å². The molecule has 0 aromatic rings. The maximum absolute atomic E-state index is 13.0. The van der Waals surface area contributed by atoms with Crippen LogP contribution in [-0.4, -0.2) is 60.5 Å². The fraction of sp³-hybridized carbons (Fsp3) is 0.867. The topological polar surface area (TPSA) is 78.9 Å². The number of alkyl halides is 3. The Kier molecular flexibility index (Phi) is 4.17. The van der Waals surface area contributed by atoms with Crippen LogP contribution in [0.3, 0.4) is 0 Å². The Morgan fingerprint density at radius 3 is 2.38 bits per heavy atom. The largest absolute Gasteiger partial charge is 0.481 e. The third kappa shape index (κ3) is 2.62. The number of hydrogen-bond donors (Lipinski definition) is 2. The predicted molar refractivity (Wildman–Crippen MR) is 76.3 cm³/mol. The number of carboxylic acids is 1. The van der Waals surface area contributed by atoms with Crippen molar-refractivity contribution in [3.8, 4) is 0 Å². The molecule has 3 aliphatic rings. The van der Waals surface area contributed by atoms with Crippen LogP contribution >= 0.6 is 0 Å². The molecular weight excluding hydrogens is 329 g/mol. The number of amides is 2. The SMILES string of the molecule is COC1CC(NC(=O)N2C[C@@H](C(F)(F)F)[C@H](C(=O)O)C2)C12CCC2. The van der Waals surface area contributed by atoms with Crippen LogP contribution in [0.4, 0.5) is 18.0 Å². The monoisotopic (exact) mass is 350 g/mol. The Morgan fingerprint density at radius 1 is 1.29 bits per heavy atom. The second-order valence-corrected chi connectivity index (χ2v) is 7.05. The lowest BCUT2D eigenvalue weighted by Gasteiger charge is -2.60. The second-order valence-electron chi connectivity index (χ2n) is 7.05. The number of nitrogens with zero attached hydrogens (tertiary/aromatic N) is 1. The van der Waals surface area contributed by atoms with Gasteiger partial charge in [-0.2, -0.15) is 13.2 Å². The summed E-state index contributed by atoms with van der Waals surface area (Å²) in [6.07, 6.45) is -1.01. The number of aliphatic carboxylic acids is 1. The molecule has 2 N–H and O–H groups in total. The summed E-state index contributed by atoms with van der Waals surface area (Å²) in [5, 5.41) is 11.8. The lowest BCUT2D eigenvalue weighted by atomic mass is 9.51. The van der Waals surface area contributed by atoms with Gasteiger partial charge in [-0.1, -0.05) is 6.42 Å². The predicted octanol–water partition coefficient (Wildman–Crippen LogP) is 1.85. The summed E-state index contributed by atoms with van der Waals surface area (Å²) in [5.74, 6) is -5.15. The van der Waals surface area contributed by atoms with Gasteiger partial charge in [0.25, 0.3) is 0 Å². The minimum Gasteiger partial charge on any atom is -0.481 e. The molecule has 9 heteroatoms. The number of halogens is 3. The van der Waals surface area contributed by atoms with Gasteiger partial charge >= 0.3 is 18.2 Å². The fourth-order valence-electron chi connectivity index (χ4n) is 4.33. The quantitative estimate of drug-likeness (QED) is 0.814. The van der Waals surface area contributed by atoms with Crippen LogP contribution in [0.25, 0.3) is 0 Å². The third-order valence-electron chi connectivity index (χ3n) is 6.00. The Hall–Kier alpha value is -1.51. The van der Waals surface area contributed by atoms with E-state index >= 15 is 0 Å². The van der Waals surface area contributed by atoms with Crippen LogP contribution < -0.4 is 5.32 Å². The van der Waals surface area contributed by atoms with Gasteiger partial charge < -0.3 is 20.1 Å². The van der Waals surface area contributed by atoms with Crippen LogP contribution in [0, 0.1) is 17.3 Å². The fourth-order valence-corrected chi connectivity index (χ4v) is 4.33. The number of carbonyl (C=O) groups is 2. The first-order chi connectivity index (χ1) is 11.2. The van der Waals surface area contributed by atoms with Crippen molar-refractivity contribution >= 4 is 12.0 Å². The number of nitrogens with one attached hydrogen (secondary N) is 1. The Bertz CT molecular complexity index is 535. The Labute approximate surface area is 137 Å². The molecule has 3 fully saturated rings. The van der Waals surface area contributed by atoms with E-state index in [2.05, 4.69) is 5.32 Å². The van der Waals surface area contributed by atoms with Gasteiger partial charge in [-0.05, 0) is 19.3 Å². The van der Waals surface area contributed by atoms with Crippen LogP contribution in [0.15, 0.2) is 0 Å². The summed E-state index contributed by atoms with van der Waals surface area (Å²) in [4.78, 5) is 24.4. The third-order valence-corrected chi connectivity index (χ3v) is 6.00. The number of carboxylic acid groups (broad SMARTS) is 1. The van der Waals surface area contributed by atoms with Gasteiger partial charge in [0.2, 0.25) is 0 Å². The minimum absolute atomic E-state index is 0.0739. The van der Waals surface area contributed by atoms with Gasteiger partial charge in [-0.25, -0.2) is 4.79 Å². The molecule has 4 atom stereocenters. The van der Waals surface area contributed by atoms with E-state index in [1.165, 1.54) is 0 Å². The number of likely N-dealkylation sites (tertiary alicyclic amines) is 1. The molecule has 0 bridgehead atoms. The Morgan fingerprint density at radius 2 is 1.96 bits per heavy atom. The van der Waals surface area contributed by atoms with E-state index in [0.717, 1.165) is 24.2 Å². The molecule has 136 valence electrons. The maximum atomic E-state index is 13.0. The number of urea groups is 1. The first-order valence-electron chi connectivity index (χ1n) is 8.07. The first-order valence-corrected chi connectivity index (χ1v) is 8.07. The van der Waals surface area contributed by atoms with E-state index in [9.17, 15) is 22.8 Å². The highest BCUT2D eigenvalue weighted by atomic mass is 19.4. The minimum atomic E-state index is -4.63. The van der Waals surface area contributed by atoms with Crippen molar-refractivity contribution in [1.82, 2.24) is 10.2 Å². The molecule has 3 rings (SSSR count). The first kappa shape index (κ1) is 17.3. The van der Waals surface area contributed by atoms with Gasteiger partial charge in [0.1, 0.15) is 0 Å². The summed E-state index contributed by atoms with van der Waals surface area (Å²) >= 11 is 0. The van der Waals surface area contributed by atoms with Crippen LogP contribution in [0.5, 0.6) is 0 Å². The van der Waals surface area contributed by atoms with Crippen LogP contribution in [0.2, 0.25) is 0 Å². The summed E-state index contributed by atoms with van der Waals surface area (Å²) in [7, 11) is 1.62. The van der Waals surface area contributed by atoms with Crippen LogP contribution in [-0.2, 0) is 9.53 Å². The number of rotatable bonds is 3. The second kappa shape index (κ2) is 5.79. The molecule has 2 saturated carbocycles. The van der Waals surface area contributed by atoms with E-state index < -0.39 is 43.1 Å². The number of ether oxygens (including phenoxy) is 1. The van der Waals surface area contributed by atoms with E-state index in [1.807, 2.05) is 0 Å². The maximum Gasteiger partial charge on any atom is 0.394 e.